The summed E-state index contributed by atoms with van der Waals surface area (Å²) >= 11 is 3.92. The normalized spacial score (nSPS) is 12.1. The van der Waals surface area contributed by atoms with Crippen molar-refractivity contribution in [3.8, 4) is 0 Å². The van der Waals surface area contributed by atoms with Crippen molar-refractivity contribution in [1.29, 1.82) is 0 Å². The summed E-state index contributed by atoms with van der Waals surface area (Å²) in [7, 11) is 0. The third kappa shape index (κ3) is 13.5. The zero-order valence-corrected chi connectivity index (χ0v) is 12.8. The van der Waals surface area contributed by atoms with E-state index in [0.29, 0.717) is 6.42 Å². The van der Waals surface area contributed by atoms with Crippen molar-refractivity contribution in [1.82, 2.24) is 5.32 Å². The van der Waals surface area contributed by atoms with Gasteiger partial charge in [0.15, 0.2) is 0 Å². The second kappa shape index (κ2) is 12.3. The van der Waals surface area contributed by atoms with Crippen LogP contribution in [-0.4, -0.2) is 28.8 Å². The van der Waals surface area contributed by atoms with Gasteiger partial charge in [0.1, 0.15) is 0 Å². The standard InChI is InChI=1S/C14H27NO3S/c1-12(15-13(16)11-19)9-7-5-3-2-4-6-8-10-14(17)18/h12,19H,2-11H2,1H3,(H,15,16)(H,17,18). The average molecular weight is 289 g/mol. The lowest BCUT2D eigenvalue weighted by molar-refractivity contribution is -0.137. The molecule has 1 amide bonds. The number of rotatable bonds is 12. The monoisotopic (exact) mass is 289 g/mol. The van der Waals surface area contributed by atoms with E-state index in [4.69, 9.17) is 5.11 Å². The quantitative estimate of drug-likeness (QED) is 0.382. The van der Waals surface area contributed by atoms with Crippen LogP contribution in [0.25, 0.3) is 0 Å². The number of hydrogen-bond acceptors (Lipinski definition) is 3. The average Bonchev–Trinajstić information content (AvgIpc) is 2.36. The molecule has 5 heteroatoms. The van der Waals surface area contributed by atoms with Crippen LogP contribution < -0.4 is 5.32 Å². The van der Waals surface area contributed by atoms with Crippen LogP contribution in [-0.2, 0) is 9.59 Å². The maximum absolute atomic E-state index is 11.1. The van der Waals surface area contributed by atoms with Crippen LogP contribution in [0.15, 0.2) is 0 Å². The van der Waals surface area contributed by atoms with Gasteiger partial charge < -0.3 is 10.4 Å². The first-order valence-electron chi connectivity index (χ1n) is 7.18. The van der Waals surface area contributed by atoms with E-state index in [0.717, 1.165) is 32.1 Å². The highest BCUT2D eigenvalue weighted by Crippen LogP contribution is 2.10. The summed E-state index contributed by atoms with van der Waals surface area (Å²) in [6.07, 6.45) is 8.92. The number of thiol groups is 1. The second-order valence-corrected chi connectivity index (χ2v) is 5.35. The molecule has 0 aliphatic heterocycles. The summed E-state index contributed by atoms with van der Waals surface area (Å²) in [6, 6.07) is 0.232. The molecule has 0 rings (SSSR count). The minimum absolute atomic E-state index is 0.00531. The fourth-order valence-corrected chi connectivity index (χ4v) is 2.09. The molecule has 0 bridgehead atoms. The van der Waals surface area contributed by atoms with E-state index in [1.165, 1.54) is 19.3 Å². The van der Waals surface area contributed by atoms with Crippen molar-refractivity contribution in [2.45, 2.75) is 70.8 Å². The third-order valence-electron chi connectivity index (χ3n) is 3.08. The molecule has 0 saturated heterocycles. The molecule has 0 radical (unpaired) electrons. The first kappa shape index (κ1) is 18.3. The number of carbonyl (C=O) groups is 2. The van der Waals surface area contributed by atoms with Crippen LogP contribution in [0.4, 0.5) is 0 Å². The molecule has 19 heavy (non-hydrogen) atoms. The Morgan fingerprint density at radius 1 is 1.05 bits per heavy atom. The topological polar surface area (TPSA) is 66.4 Å². The molecule has 2 N–H and O–H groups in total. The van der Waals surface area contributed by atoms with Crippen LogP contribution in [0.2, 0.25) is 0 Å². The molecular weight excluding hydrogens is 262 g/mol. The summed E-state index contributed by atoms with van der Waals surface area (Å²) in [5.41, 5.74) is 0. The molecule has 4 nitrogen and oxygen atoms in total. The molecular formula is C14H27NO3S. The molecule has 0 heterocycles. The predicted octanol–water partition coefficient (Wildman–Crippen LogP) is 3.02. The minimum Gasteiger partial charge on any atom is -0.481 e. The highest BCUT2D eigenvalue weighted by Gasteiger charge is 2.04. The van der Waals surface area contributed by atoms with E-state index >= 15 is 0 Å². The van der Waals surface area contributed by atoms with Gasteiger partial charge in [-0.3, -0.25) is 9.59 Å². The van der Waals surface area contributed by atoms with E-state index in [9.17, 15) is 9.59 Å². The summed E-state index contributed by atoms with van der Waals surface area (Å²) in [5.74, 6) is -0.452. The lowest BCUT2D eigenvalue weighted by Crippen LogP contribution is -2.33. The van der Waals surface area contributed by atoms with Crippen molar-refractivity contribution in [3.05, 3.63) is 0 Å². The Hall–Kier alpha value is -0.710. The zero-order chi connectivity index (χ0) is 14.5. The number of carboxylic acid groups (broad SMARTS) is 1. The highest BCUT2D eigenvalue weighted by atomic mass is 32.1. The van der Waals surface area contributed by atoms with Gasteiger partial charge in [0.05, 0.1) is 5.75 Å². The predicted molar refractivity (Wildman–Crippen MR) is 80.6 cm³/mol. The van der Waals surface area contributed by atoms with Gasteiger partial charge in [-0.25, -0.2) is 0 Å². The number of aliphatic carboxylic acids is 1. The lowest BCUT2D eigenvalue weighted by Gasteiger charge is -2.12. The van der Waals surface area contributed by atoms with Crippen molar-refractivity contribution in [2.24, 2.45) is 0 Å². The lowest BCUT2D eigenvalue weighted by atomic mass is 10.1. The number of amides is 1. The number of carboxylic acids is 1. The van der Waals surface area contributed by atoms with Crippen molar-refractivity contribution >= 4 is 24.5 Å². The van der Waals surface area contributed by atoms with E-state index in [2.05, 4.69) is 17.9 Å². The van der Waals surface area contributed by atoms with Gasteiger partial charge in [0.2, 0.25) is 5.91 Å². The molecule has 0 aromatic rings. The Bertz CT molecular complexity index is 259. The van der Waals surface area contributed by atoms with Gasteiger partial charge in [-0.05, 0) is 19.8 Å². The molecule has 0 aliphatic carbocycles. The Balaban J connectivity index is 3.22. The van der Waals surface area contributed by atoms with Crippen molar-refractivity contribution in [2.75, 3.05) is 5.75 Å². The fraction of sp³-hybridized carbons (Fsp3) is 0.857. The van der Waals surface area contributed by atoms with Crippen molar-refractivity contribution in [3.63, 3.8) is 0 Å². The highest BCUT2D eigenvalue weighted by molar-refractivity contribution is 7.81. The zero-order valence-electron chi connectivity index (χ0n) is 11.9. The molecule has 0 aromatic heterocycles. The summed E-state index contributed by atoms with van der Waals surface area (Å²) in [4.78, 5) is 21.4. The molecule has 0 aromatic carbocycles. The molecule has 0 saturated carbocycles. The van der Waals surface area contributed by atoms with Crippen LogP contribution in [0, 0.1) is 0 Å². The number of carbonyl (C=O) groups excluding carboxylic acids is 1. The smallest absolute Gasteiger partial charge is 0.303 e. The summed E-state index contributed by atoms with van der Waals surface area (Å²) < 4.78 is 0. The van der Waals surface area contributed by atoms with E-state index < -0.39 is 5.97 Å². The maximum atomic E-state index is 11.1. The number of unbranched alkanes of at least 4 members (excludes halogenated alkanes) is 6. The molecule has 0 spiro atoms. The van der Waals surface area contributed by atoms with Gasteiger partial charge in [0, 0.05) is 12.5 Å². The van der Waals surface area contributed by atoms with Crippen LogP contribution >= 0.6 is 12.6 Å². The summed E-state index contributed by atoms with van der Waals surface area (Å²) in [6.45, 7) is 2.02. The van der Waals surface area contributed by atoms with Gasteiger partial charge in [-0.1, -0.05) is 38.5 Å². The Labute approximate surface area is 121 Å². The SMILES string of the molecule is CC(CCCCCCCCCC(=O)O)NC(=O)CS. The largest absolute Gasteiger partial charge is 0.481 e. The Kier molecular flexibility index (Phi) is 11.9. The third-order valence-corrected chi connectivity index (χ3v) is 3.37. The summed E-state index contributed by atoms with van der Waals surface area (Å²) in [5, 5.41) is 11.4. The molecule has 1 unspecified atom stereocenters. The molecule has 112 valence electrons. The van der Waals surface area contributed by atoms with Gasteiger partial charge in [0.25, 0.3) is 0 Å². The first-order valence-corrected chi connectivity index (χ1v) is 7.81. The molecule has 1 atom stereocenters. The maximum Gasteiger partial charge on any atom is 0.303 e. The Morgan fingerprint density at radius 2 is 1.58 bits per heavy atom. The first-order chi connectivity index (χ1) is 9.06. The van der Waals surface area contributed by atoms with Gasteiger partial charge in [-0.2, -0.15) is 12.6 Å². The van der Waals surface area contributed by atoms with E-state index in [-0.39, 0.29) is 17.7 Å². The van der Waals surface area contributed by atoms with Crippen LogP contribution in [0.3, 0.4) is 0 Å². The van der Waals surface area contributed by atoms with E-state index in [1.807, 2.05) is 6.92 Å². The second-order valence-electron chi connectivity index (χ2n) is 5.03. The van der Waals surface area contributed by atoms with Crippen LogP contribution in [0.5, 0.6) is 0 Å². The van der Waals surface area contributed by atoms with E-state index in [1.54, 1.807) is 0 Å². The number of hydrogen-bond donors (Lipinski definition) is 3. The molecule has 0 fully saturated rings. The van der Waals surface area contributed by atoms with Gasteiger partial charge in [-0.15, -0.1) is 0 Å². The minimum atomic E-state index is -0.697. The number of nitrogens with one attached hydrogen (secondary N) is 1. The fourth-order valence-electron chi connectivity index (χ4n) is 2.00. The Morgan fingerprint density at radius 3 is 2.11 bits per heavy atom. The van der Waals surface area contributed by atoms with Crippen LogP contribution in [0.1, 0.15) is 64.7 Å². The van der Waals surface area contributed by atoms with Gasteiger partial charge >= 0.3 is 5.97 Å². The molecule has 0 aliphatic rings. The van der Waals surface area contributed by atoms with Crippen molar-refractivity contribution < 1.29 is 14.7 Å².